The fourth-order valence-electron chi connectivity index (χ4n) is 2.99. The summed E-state index contributed by atoms with van der Waals surface area (Å²) in [5, 5.41) is 0. The van der Waals surface area contributed by atoms with Crippen molar-refractivity contribution in [2.24, 2.45) is 17.8 Å². The van der Waals surface area contributed by atoms with Crippen molar-refractivity contribution in [1.82, 2.24) is 0 Å². The highest BCUT2D eigenvalue weighted by Crippen LogP contribution is 2.49. The van der Waals surface area contributed by atoms with Crippen molar-refractivity contribution in [3.63, 3.8) is 0 Å². The summed E-state index contributed by atoms with van der Waals surface area (Å²) in [5.41, 5.74) is 0. The first kappa shape index (κ1) is 18.2. The highest BCUT2D eigenvalue weighted by Gasteiger charge is 2.36. The third-order valence-corrected chi connectivity index (χ3v) is 5.81. The topological polar surface area (TPSA) is 55.8 Å². The van der Waals surface area contributed by atoms with Gasteiger partial charge in [0.15, 0.2) is 0 Å². The average Bonchev–Trinajstić information content (AvgIpc) is 2.32. The zero-order valence-electron chi connectivity index (χ0n) is 13.5. The van der Waals surface area contributed by atoms with E-state index in [1.165, 1.54) is 0 Å². The lowest BCUT2D eigenvalue weighted by atomic mass is 9.73. The molecule has 0 aliphatic heterocycles. The third-order valence-electron chi connectivity index (χ3n) is 4.62. The van der Waals surface area contributed by atoms with Crippen molar-refractivity contribution in [2.75, 3.05) is 0 Å². The molecule has 5 heteroatoms. The highest BCUT2D eigenvalue weighted by molar-refractivity contribution is 7.47. The van der Waals surface area contributed by atoms with Crippen molar-refractivity contribution in [3.8, 4) is 0 Å². The third kappa shape index (κ3) is 5.85. The molecule has 120 valence electrons. The molecular formula is C15H31O4P. The second kappa shape index (κ2) is 7.93. The molecule has 1 saturated carbocycles. The lowest BCUT2D eigenvalue weighted by Crippen LogP contribution is -2.32. The summed E-state index contributed by atoms with van der Waals surface area (Å²) in [5.74, 6) is 1.67. The minimum absolute atomic E-state index is 0.162. The summed E-state index contributed by atoms with van der Waals surface area (Å²) >= 11 is 0. The van der Waals surface area contributed by atoms with Gasteiger partial charge in [-0.1, -0.05) is 40.5 Å². The summed E-state index contributed by atoms with van der Waals surface area (Å²) in [6.07, 6.45) is 4.12. The molecule has 4 nitrogen and oxygen atoms in total. The van der Waals surface area contributed by atoms with Crippen molar-refractivity contribution in [3.05, 3.63) is 0 Å². The van der Waals surface area contributed by atoms with Crippen LogP contribution in [0.25, 0.3) is 0 Å². The van der Waals surface area contributed by atoms with Gasteiger partial charge in [-0.2, -0.15) is 0 Å². The number of phosphoric acid groups is 1. The molecule has 1 rings (SSSR count). The van der Waals surface area contributed by atoms with Crippen LogP contribution in [-0.4, -0.2) is 17.1 Å². The molecule has 0 bridgehead atoms. The van der Waals surface area contributed by atoms with Gasteiger partial charge in [0.1, 0.15) is 0 Å². The Bertz CT molecular complexity index is 322. The first-order chi connectivity index (χ1) is 9.25. The number of unbranched alkanes of at least 4 members (excludes halogenated alkanes) is 1. The van der Waals surface area contributed by atoms with Gasteiger partial charge in [0.2, 0.25) is 0 Å². The predicted octanol–water partition coefficient (Wildman–Crippen LogP) is 4.77. The van der Waals surface area contributed by atoms with E-state index < -0.39 is 7.82 Å². The van der Waals surface area contributed by atoms with E-state index in [0.717, 1.165) is 32.1 Å². The molecule has 4 atom stereocenters. The van der Waals surface area contributed by atoms with Crippen LogP contribution in [0.15, 0.2) is 0 Å². The van der Waals surface area contributed by atoms with Gasteiger partial charge in [0, 0.05) is 0 Å². The van der Waals surface area contributed by atoms with Crippen LogP contribution < -0.4 is 0 Å². The van der Waals surface area contributed by atoms with Gasteiger partial charge < -0.3 is 4.89 Å². The van der Waals surface area contributed by atoms with Crippen molar-refractivity contribution in [1.29, 1.82) is 0 Å². The van der Waals surface area contributed by atoms with Crippen LogP contribution in [0.4, 0.5) is 0 Å². The normalized spacial score (nSPS) is 35.5. The lowest BCUT2D eigenvalue weighted by Gasteiger charge is -2.37. The van der Waals surface area contributed by atoms with Crippen LogP contribution in [0.3, 0.4) is 0 Å². The molecular weight excluding hydrogens is 275 g/mol. The quantitative estimate of drug-likeness (QED) is 0.688. The van der Waals surface area contributed by atoms with E-state index in [4.69, 9.17) is 9.05 Å². The first-order valence-corrected chi connectivity index (χ1v) is 9.44. The Labute approximate surface area is 123 Å². The summed E-state index contributed by atoms with van der Waals surface area (Å²) in [7, 11) is -3.93. The second-order valence-corrected chi connectivity index (χ2v) is 7.90. The Morgan fingerprint density at radius 1 is 1.25 bits per heavy atom. The molecule has 0 spiro atoms. The van der Waals surface area contributed by atoms with Gasteiger partial charge in [-0.05, 0) is 43.9 Å². The summed E-state index contributed by atoms with van der Waals surface area (Å²) in [6, 6.07) is 0. The second-order valence-electron chi connectivity index (χ2n) is 6.54. The van der Waals surface area contributed by atoms with Crippen LogP contribution in [0.2, 0.25) is 0 Å². The standard InChI is InChI=1S/C15H31O4P/c1-6-7-8-13(4)18-20(16,17)19-15-9-11(2)14(5)12(3)10-15/h11-15H,6-10H2,1-5H3,(H,16,17). The summed E-state index contributed by atoms with van der Waals surface area (Å²) < 4.78 is 22.7. The van der Waals surface area contributed by atoms with E-state index in [0.29, 0.717) is 17.8 Å². The van der Waals surface area contributed by atoms with Gasteiger partial charge >= 0.3 is 7.82 Å². The van der Waals surface area contributed by atoms with Crippen LogP contribution in [0, 0.1) is 17.8 Å². The van der Waals surface area contributed by atoms with E-state index >= 15 is 0 Å². The Hall–Kier alpha value is 0.110. The number of hydrogen-bond acceptors (Lipinski definition) is 3. The van der Waals surface area contributed by atoms with Crippen LogP contribution in [-0.2, 0) is 13.6 Å². The van der Waals surface area contributed by atoms with Gasteiger partial charge in [-0.3, -0.25) is 9.05 Å². The lowest BCUT2D eigenvalue weighted by molar-refractivity contribution is 0.0217. The monoisotopic (exact) mass is 306 g/mol. The average molecular weight is 306 g/mol. The fraction of sp³-hybridized carbons (Fsp3) is 1.00. The molecule has 1 fully saturated rings. The maximum atomic E-state index is 12.1. The van der Waals surface area contributed by atoms with E-state index in [9.17, 15) is 9.46 Å². The number of hydrogen-bond donors (Lipinski definition) is 1. The van der Waals surface area contributed by atoms with Gasteiger partial charge in [0.25, 0.3) is 0 Å². The van der Waals surface area contributed by atoms with E-state index in [2.05, 4.69) is 27.7 Å². The van der Waals surface area contributed by atoms with Crippen LogP contribution in [0.5, 0.6) is 0 Å². The Morgan fingerprint density at radius 2 is 1.80 bits per heavy atom. The molecule has 0 radical (unpaired) electrons. The Balaban J connectivity index is 2.47. The fourth-order valence-corrected chi connectivity index (χ4v) is 4.15. The Morgan fingerprint density at radius 3 is 2.30 bits per heavy atom. The first-order valence-electron chi connectivity index (χ1n) is 7.94. The molecule has 0 aromatic heterocycles. The molecule has 0 aromatic rings. The van der Waals surface area contributed by atoms with Crippen LogP contribution >= 0.6 is 7.82 Å². The Kier molecular flexibility index (Phi) is 7.20. The zero-order chi connectivity index (χ0) is 15.3. The molecule has 1 aliphatic rings. The molecule has 1 aliphatic carbocycles. The van der Waals surface area contributed by atoms with E-state index in [1.807, 2.05) is 6.92 Å². The summed E-state index contributed by atoms with van der Waals surface area (Å²) in [4.78, 5) is 9.89. The smallest absolute Gasteiger partial charge is 0.302 e. The SMILES string of the molecule is CCCCC(C)OP(=O)(O)OC1CC(C)C(C)C(C)C1. The molecule has 0 heterocycles. The van der Waals surface area contributed by atoms with E-state index in [1.54, 1.807) is 0 Å². The molecule has 4 unspecified atom stereocenters. The predicted molar refractivity (Wildman–Crippen MR) is 81.5 cm³/mol. The minimum Gasteiger partial charge on any atom is -0.302 e. The van der Waals surface area contributed by atoms with Crippen molar-refractivity contribution in [2.45, 2.75) is 78.9 Å². The number of phosphoric ester groups is 1. The van der Waals surface area contributed by atoms with Crippen molar-refractivity contribution >= 4 is 7.82 Å². The van der Waals surface area contributed by atoms with Crippen molar-refractivity contribution < 1.29 is 18.5 Å². The number of rotatable bonds is 7. The molecule has 0 saturated heterocycles. The van der Waals surface area contributed by atoms with E-state index in [-0.39, 0.29) is 12.2 Å². The van der Waals surface area contributed by atoms with Gasteiger partial charge in [0.05, 0.1) is 12.2 Å². The van der Waals surface area contributed by atoms with Gasteiger partial charge in [-0.25, -0.2) is 4.57 Å². The largest absolute Gasteiger partial charge is 0.472 e. The van der Waals surface area contributed by atoms with Gasteiger partial charge in [-0.15, -0.1) is 0 Å². The molecule has 20 heavy (non-hydrogen) atoms. The molecule has 1 N–H and O–H groups in total. The maximum Gasteiger partial charge on any atom is 0.472 e. The highest BCUT2D eigenvalue weighted by atomic mass is 31.2. The molecule has 0 aromatic carbocycles. The molecule has 0 amide bonds. The van der Waals surface area contributed by atoms with Crippen LogP contribution in [0.1, 0.15) is 66.7 Å². The maximum absolute atomic E-state index is 12.1. The summed E-state index contributed by atoms with van der Waals surface area (Å²) in [6.45, 7) is 10.5. The minimum atomic E-state index is -3.93. The zero-order valence-corrected chi connectivity index (χ0v) is 14.4.